The van der Waals surface area contributed by atoms with Gasteiger partial charge in [-0.2, -0.15) is 5.10 Å². The van der Waals surface area contributed by atoms with E-state index < -0.39 is 0 Å². The van der Waals surface area contributed by atoms with E-state index in [1.165, 1.54) is 11.1 Å². The molecule has 0 N–H and O–H groups in total. The first-order valence-corrected chi connectivity index (χ1v) is 10.4. The van der Waals surface area contributed by atoms with Gasteiger partial charge >= 0.3 is 0 Å². The summed E-state index contributed by atoms with van der Waals surface area (Å²) in [4.78, 5) is 0. The molecule has 2 heterocycles. The quantitative estimate of drug-likeness (QED) is 0.411. The van der Waals surface area contributed by atoms with Crippen LogP contribution in [0.5, 0.6) is 0 Å². The van der Waals surface area contributed by atoms with Crippen molar-refractivity contribution in [1.82, 2.24) is 24.5 Å². The van der Waals surface area contributed by atoms with Crippen LogP contribution in [0, 0.1) is 6.92 Å². The first kappa shape index (κ1) is 18.5. The Hall–Kier alpha value is -2.86. The van der Waals surface area contributed by atoms with Crippen LogP contribution in [0.2, 0.25) is 0 Å². The predicted molar refractivity (Wildman–Crippen MR) is 114 cm³/mol. The van der Waals surface area contributed by atoms with Crippen molar-refractivity contribution >= 4 is 11.8 Å². The van der Waals surface area contributed by atoms with Gasteiger partial charge < -0.3 is 4.57 Å². The second-order valence-electron chi connectivity index (χ2n) is 6.73. The molecule has 0 saturated heterocycles. The highest BCUT2D eigenvalue weighted by Gasteiger charge is 2.14. The SMILES string of the molecule is CCCn1c(SCc2ccc(-n3cccn3)cc2)nnc1-c1cccc(C)c1. The van der Waals surface area contributed by atoms with Crippen LogP contribution in [0.1, 0.15) is 24.5 Å². The molecule has 6 heteroatoms. The molecule has 0 unspecified atom stereocenters. The Bertz CT molecular complexity index is 1040. The van der Waals surface area contributed by atoms with Crippen molar-refractivity contribution in [3.05, 3.63) is 78.1 Å². The van der Waals surface area contributed by atoms with E-state index >= 15 is 0 Å². The largest absolute Gasteiger partial charge is 0.302 e. The first-order valence-electron chi connectivity index (χ1n) is 9.46. The van der Waals surface area contributed by atoms with Crippen molar-refractivity contribution in [2.45, 2.75) is 37.7 Å². The fourth-order valence-electron chi connectivity index (χ4n) is 3.13. The number of aryl methyl sites for hydroxylation is 1. The molecule has 0 aliphatic heterocycles. The highest BCUT2D eigenvalue weighted by atomic mass is 32.2. The van der Waals surface area contributed by atoms with Crippen LogP contribution in [0.25, 0.3) is 17.1 Å². The molecule has 0 aliphatic carbocycles. The topological polar surface area (TPSA) is 48.5 Å². The summed E-state index contributed by atoms with van der Waals surface area (Å²) in [5.41, 5.74) is 4.67. The van der Waals surface area contributed by atoms with Crippen LogP contribution in [0.4, 0.5) is 0 Å². The predicted octanol–water partition coefficient (Wildman–Crippen LogP) is 5.14. The lowest BCUT2D eigenvalue weighted by atomic mass is 10.1. The lowest BCUT2D eigenvalue weighted by Crippen LogP contribution is -2.02. The third-order valence-corrected chi connectivity index (χ3v) is 5.55. The van der Waals surface area contributed by atoms with E-state index in [-0.39, 0.29) is 0 Å². The maximum absolute atomic E-state index is 4.49. The van der Waals surface area contributed by atoms with Gasteiger partial charge in [-0.3, -0.25) is 0 Å². The highest BCUT2D eigenvalue weighted by Crippen LogP contribution is 2.27. The van der Waals surface area contributed by atoms with Gasteiger partial charge in [0.15, 0.2) is 11.0 Å². The second-order valence-corrected chi connectivity index (χ2v) is 7.68. The lowest BCUT2D eigenvalue weighted by Gasteiger charge is -2.09. The number of rotatable bonds is 7. The number of hydrogen-bond donors (Lipinski definition) is 0. The van der Waals surface area contributed by atoms with Crippen LogP contribution in [-0.2, 0) is 12.3 Å². The molecule has 0 bridgehead atoms. The molecule has 0 spiro atoms. The monoisotopic (exact) mass is 389 g/mol. The molecule has 0 radical (unpaired) electrons. The molecule has 2 aromatic heterocycles. The number of benzene rings is 2. The third-order valence-electron chi connectivity index (χ3n) is 4.51. The zero-order chi connectivity index (χ0) is 19.3. The number of hydrogen-bond acceptors (Lipinski definition) is 4. The summed E-state index contributed by atoms with van der Waals surface area (Å²) in [6, 6.07) is 18.9. The van der Waals surface area contributed by atoms with Crippen LogP contribution < -0.4 is 0 Å². The Balaban J connectivity index is 1.52. The molecule has 142 valence electrons. The Labute approximate surface area is 169 Å². The highest BCUT2D eigenvalue weighted by molar-refractivity contribution is 7.98. The molecule has 0 amide bonds. The van der Waals surface area contributed by atoms with Crippen molar-refractivity contribution in [3.8, 4) is 17.1 Å². The summed E-state index contributed by atoms with van der Waals surface area (Å²) in [5, 5.41) is 14.2. The normalized spacial score (nSPS) is 11.1. The molecule has 2 aromatic carbocycles. The average Bonchev–Trinajstić information content (AvgIpc) is 3.38. The molecular weight excluding hydrogens is 366 g/mol. The summed E-state index contributed by atoms with van der Waals surface area (Å²) in [7, 11) is 0. The Kier molecular flexibility index (Phi) is 5.58. The van der Waals surface area contributed by atoms with Gasteiger partial charge in [-0.05, 0) is 43.2 Å². The van der Waals surface area contributed by atoms with Crippen molar-refractivity contribution in [1.29, 1.82) is 0 Å². The zero-order valence-corrected chi connectivity index (χ0v) is 16.9. The smallest absolute Gasteiger partial charge is 0.191 e. The van der Waals surface area contributed by atoms with Gasteiger partial charge in [-0.1, -0.05) is 54.6 Å². The Morgan fingerprint density at radius 3 is 2.57 bits per heavy atom. The first-order chi connectivity index (χ1) is 13.7. The molecular formula is C22H23N5S. The summed E-state index contributed by atoms with van der Waals surface area (Å²) < 4.78 is 4.10. The Morgan fingerprint density at radius 1 is 1.00 bits per heavy atom. The van der Waals surface area contributed by atoms with Crippen molar-refractivity contribution in [2.24, 2.45) is 0 Å². The van der Waals surface area contributed by atoms with E-state index in [9.17, 15) is 0 Å². The maximum atomic E-state index is 4.49. The molecule has 5 nitrogen and oxygen atoms in total. The van der Waals surface area contributed by atoms with Crippen LogP contribution in [0.15, 0.2) is 72.1 Å². The minimum absolute atomic E-state index is 0.856. The number of thioether (sulfide) groups is 1. The van der Waals surface area contributed by atoms with E-state index in [0.29, 0.717) is 0 Å². The molecule has 0 atom stereocenters. The minimum Gasteiger partial charge on any atom is -0.302 e. The fourth-order valence-corrected chi connectivity index (χ4v) is 4.05. The lowest BCUT2D eigenvalue weighted by molar-refractivity contribution is 0.626. The molecule has 4 aromatic rings. The van der Waals surface area contributed by atoms with Gasteiger partial charge in [0.1, 0.15) is 0 Å². The van der Waals surface area contributed by atoms with Gasteiger partial charge in [0.05, 0.1) is 5.69 Å². The van der Waals surface area contributed by atoms with E-state index in [0.717, 1.165) is 41.0 Å². The van der Waals surface area contributed by atoms with E-state index in [1.54, 1.807) is 18.0 Å². The Morgan fingerprint density at radius 2 is 1.86 bits per heavy atom. The van der Waals surface area contributed by atoms with Gasteiger partial charge in [0, 0.05) is 30.3 Å². The molecule has 4 rings (SSSR count). The third kappa shape index (κ3) is 4.02. The van der Waals surface area contributed by atoms with E-state index in [4.69, 9.17) is 0 Å². The average molecular weight is 390 g/mol. The summed E-state index contributed by atoms with van der Waals surface area (Å²) >= 11 is 1.73. The fraction of sp³-hybridized carbons (Fsp3) is 0.227. The molecule has 0 saturated carbocycles. The minimum atomic E-state index is 0.856. The van der Waals surface area contributed by atoms with Gasteiger partial charge in [0.25, 0.3) is 0 Å². The number of aromatic nitrogens is 5. The van der Waals surface area contributed by atoms with Crippen molar-refractivity contribution in [2.75, 3.05) is 0 Å². The molecule has 0 fully saturated rings. The van der Waals surface area contributed by atoms with E-state index in [1.807, 2.05) is 16.9 Å². The van der Waals surface area contributed by atoms with Gasteiger partial charge in [-0.25, -0.2) is 4.68 Å². The van der Waals surface area contributed by atoms with Gasteiger partial charge in [0.2, 0.25) is 0 Å². The molecule has 28 heavy (non-hydrogen) atoms. The van der Waals surface area contributed by atoms with E-state index in [2.05, 4.69) is 82.2 Å². The summed E-state index contributed by atoms with van der Waals surface area (Å²) in [6.45, 7) is 5.20. The van der Waals surface area contributed by atoms with Crippen molar-refractivity contribution in [3.63, 3.8) is 0 Å². The van der Waals surface area contributed by atoms with Crippen LogP contribution in [0.3, 0.4) is 0 Å². The van der Waals surface area contributed by atoms with Crippen LogP contribution >= 0.6 is 11.8 Å². The maximum Gasteiger partial charge on any atom is 0.191 e. The van der Waals surface area contributed by atoms with Crippen molar-refractivity contribution < 1.29 is 0 Å². The summed E-state index contributed by atoms with van der Waals surface area (Å²) in [5.74, 6) is 1.80. The van der Waals surface area contributed by atoms with Gasteiger partial charge in [-0.15, -0.1) is 10.2 Å². The summed E-state index contributed by atoms with van der Waals surface area (Å²) in [6.07, 6.45) is 4.78. The van der Waals surface area contributed by atoms with Crippen LogP contribution in [-0.4, -0.2) is 24.5 Å². The number of nitrogens with zero attached hydrogens (tertiary/aromatic N) is 5. The molecule has 0 aliphatic rings. The standard InChI is InChI=1S/C22H23N5S/c1-3-13-26-21(19-7-4-6-17(2)15-19)24-25-22(26)28-16-18-8-10-20(11-9-18)27-14-5-12-23-27/h4-12,14-15H,3,13,16H2,1-2H3. The zero-order valence-electron chi connectivity index (χ0n) is 16.1. The second kappa shape index (κ2) is 8.44.